The first-order valence-corrected chi connectivity index (χ1v) is 10.3. The number of hydrogen-bond acceptors (Lipinski definition) is 3. The van der Waals surface area contributed by atoms with Gasteiger partial charge in [0.25, 0.3) is 0 Å². The van der Waals surface area contributed by atoms with Crippen LogP contribution in [-0.2, 0) is 0 Å². The first-order chi connectivity index (χ1) is 14.4. The van der Waals surface area contributed by atoms with Gasteiger partial charge in [-0.3, -0.25) is 0 Å². The molecule has 0 saturated carbocycles. The van der Waals surface area contributed by atoms with Gasteiger partial charge >= 0.3 is 0 Å². The van der Waals surface area contributed by atoms with Gasteiger partial charge in [-0.1, -0.05) is 97.1 Å². The van der Waals surface area contributed by atoms with E-state index in [0.29, 0.717) is 0 Å². The van der Waals surface area contributed by atoms with E-state index < -0.39 is 0 Å². The lowest BCUT2D eigenvalue weighted by atomic mass is 9.93. The van der Waals surface area contributed by atoms with E-state index in [2.05, 4.69) is 97.1 Å². The summed E-state index contributed by atoms with van der Waals surface area (Å²) < 4.78 is 9.40. The van der Waals surface area contributed by atoms with Gasteiger partial charge in [-0.2, -0.15) is 8.75 Å². The van der Waals surface area contributed by atoms with Crippen LogP contribution in [0.5, 0.6) is 0 Å². The monoisotopic (exact) mass is 388 g/mol. The minimum atomic E-state index is 0.969. The Kier molecular flexibility index (Phi) is 3.68. The molecule has 0 N–H and O–H groups in total. The summed E-state index contributed by atoms with van der Waals surface area (Å²) in [6, 6.07) is 34.3. The predicted octanol–water partition coefficient (Wildman–Crippen LogP) is 7.33. The van der Waals surface area contributed by atoms with Gasteiger partial charge in [0, 0.05) is 11.1 Å². The highest BCUT2D eigenvalue weighted by atomic mass is 32.1. The summed E-state index contributed by atoms with van der Waals surface area (Å²) in [6.45, 7) is 0. The van der Waals surface area contributed by atoms with Crippen molar-refractivity contribution in [3.63, 3.8) is 0 Å². The normalized spacial score (nSPS) is 11.4. The molecule has 0 spiro atoms. The number of rotatable bonds is 2. The van der Waals surface area contributed by atoms with Gasteiger partial charge in [-0.15, -0.1) is 0 Å². The number of fused-ring (bicyclic) bond motifs is 3. The van der Waals surface area contributed by atoms with Gasteiger partial charge in [0.15, 0.2) is 0 Å². The predicted molar refractivity (Wildman–Crippen MR) is 123 cm³/mol. The van der Waals surface area contributed by atoms with E-state index in [1.54, 1.807) is 0 Å². The maximum atomic E-state index is 4.70. The maximum Gasteiger partial charge on any atom is 0.113 e. The quantitative estimate of drug-likeness (QED) is 0.310. The number of nitrogens with zero attached hydrogens (tertiary/aromatic N) is 2. The molecule has 1 heterocycles. The lowest BCUT2D eigenvalue weighted by Gasteiger charge is -2.11. The lowest BCUT2D eigenvalue weighted by molar-refractivity contribution is 1.60. The molecule has 0 unspecified atom stereocenters. The van der Waals surface area contributed by atoms with Crippen LogP contribution in [-0.4, -0.2) is 8.75 Å². The SMILES string of the molecule is c1ccc2c(-c3ccc(-c4cccc5ccccc45)c4nsnc34)cccc2c1. The van der Waals surface area contributed by atoms with Gasteiger partial charge < -0.3 is 0 Å². The van der Waals surface area contributed by atoms with Gasteiger partial charge in [0.2, 0.25) is 0 Å². The van der Waals surface area contributed by atoms with Crippen LogP contribution in [0.2, 0.25) is 0 Å². The highest BCUT2D eigenvalue weighted by molar-refractivity contribution is 7.00. The second-order valence-electron chi connectivity index (χ2n) is 7.18. The van der Waals surface area contributed by atoms with Crippen LogP contribution >= 0.6 is 11.7 Å². The van der Waals surface area contributed by atoms with Crippen LogP contribution in [0.15, 0.2) is 97.1 Å². The molecule has 136 valence electrons. The van der Waals surface area contributed by atoms with Gasteiger partial charge in [-0.05, 0) is 32.7 Å². The fourth-order valence-electron chi connectivity index (χ4n) is 4.22. The van der Waals surface area contributed by atoms with Crippen molar-refractivity contribution in [2.75, 3.05) is 0 Å². The number of hydrogen-bond donors (Lipinski definition) is 0. The Balaban J connectivity index is 1.65. The second kappa shape index (κ2) is 6.50. The fraction of sp³-hybridized carbons (Fsp3) is 0. The average Bonchev–Trinajstić information content (AvgIpc) is 3.28. The molecule has 0 radical (unpaired) electrons. The second-order valence-corrected chi connectivity index (χ2v) is 7.70. The topological polar surface area (TPSA) is 25.8 Å². The molecule has 0 amide bonds. The highest BCUT2D eigenvalue weighted by Gasteiger charge is 2.16. The summed E-state index contributed by atoms with van der Waals surface area (Å²) in [4.78, 5) is 0. The summed E-state index contributed by atoms with van der Waals surface area (Å²) in [7, 11) is 0. The Hall–Kier alpha value is -3.56. The third-order valence-electron chi connectivity index (χ3n) is 5.58. The van der Waals surface area contributed by atoms with Crippen molar-refractivity contribution in [2.45, 2.75) is 0 Å². The van der Waals surface area contributed by atoms with Crippen LogP contribution in [0.3, 0.4) is 0 Å². The zero-order valence-electron chi connectivity index (χ0n) is 15.5. The first-order valence-electron chi connectivity index (χ1n) is 9.62. The van der Waals surface area contributed by atoms with E-state index >= 15 is 0 Å². The Morgan fingerprint density at radius 1 is 0.414 bits per heavy atom. The molecule has 6 rings (SSSR count). The minimum absolute atomic E-state index is 0.969. The molecular formula is C26H16N2S. The number of benzene rings is 5. The molecule has 3 heteroatoms. The summed E-state index contributed by atoms with van der Waals surface area (Å²) in [5, 5.41) is 4.95. The molecule has 0 aliphatic rings. The van der Waals surface area contributed by atoms with Crippen LogP contribution in [0.1, 0.15) is 0 Å². The Bertz CT molecular complexity index is 1390. The van der Waals surface area contributed by atoms with Gasteiger partial charge in [0.1, 0.15) is 11.0 Å². The Morgan fingerprint density at radius 2 is 0.862 bits per heavy atom. The van der Waals surface area contributed by atoms with Crippen molar-refractivity contribution in [3.05, 3.63) is 97.1 Å². The standard InChI is InChI=1S/C26H16N2S/c1-3-11-19-17(7-1)9-5-13-21(19)23-15-16-24(26-25(23)27-29-28-26)22-14-6-10-18-8-2-4-12-20(18)22/h1-16H. The van der Waals surface area contributed by atoms with Crippen LogP contribution < -0.4 is 0 Å². The highest BCUT2D eigenvalue weighted by Crippen LogP contribution is 2.39. The molecule has 29 heavy (non-hydrogen) atoms. The molecule has 0 aliphatic heterocycles. The Labute approximate surface area is 172 Å². The van der Waals surface area contributed by atoms with E-state index in [-0.39, 0.29) is 0 Å². The molecule has 0 saturated heterocycles. The van der Waals surface area contributed by atoms with Crippen molar-refractivity contribution >= 4 is 44.3 Å². The van der Waals surface area contributed by atoms with Crippen molar-refractivity contribution < 1.29 is 0 Å². The van der Waals surface area contributed by atoms with Gasteiger partial charge in [-0.25, -0.2) is 0 Å². The minimum Gasteiger partial charge on any atom is -0.172 e. The zero-order valence-corrected chi connectivity index (χ0v) is 16.4. The third-order valence-corrected chi connectivity index (χ3v) is 6.10. The third kappa shape index (κ3) is 2.55. The summed E-state index contributed by atoms with van der Waals surface area (Å²) in [6.07, 6.45) is 0. The molecule has 5 aromatic carbocycles. The van der Waals surface area contributed by atoms with E-state index in [4.69, 9.17) is 8.75 Å². The smallest absolute Gasteiger partial charge is 0.113 e. The van der Waals surface area contributed by atoms with Crippen molar-refractivity contribution in [3.8, 4) is 22.3 Å². The largest absolute Gasteiger partial charge is 0.172 e. The van der Waals surface area contributed by atoms with E-state index in [1.807, 2.05) is 0 Å². The first kappa shape index (κ1) is 16.4. The molecule has 0 aliphatic carbocycles. The van der Waals surface area contributed by atoms with Crippen molar-refractivity contribution in [1.29, 1.82) is 0 Å². The van der Waals surface area contributed by atoms with Crippen LogP contribution in [0.4, 0.5) is 0 Å². The molecule has 2 nitrogen and oxygen atoms in total. The van der Waals surface area contributed by atoms with Crippen molar-refractivity contribution in [2.24, 2.45) is 0 Å². The molecule has 0 bridgehead atoms. The van der Waals surface area contributed by atoms with E-state index in [1.165, 1.54) is 44.4 Å². The maximum absolute atomic E-state index is 4.70. The van der Waals surface area contributed by atoms with Crippen molar-refractivity contribution in [1.82, 2.24) is 8.75 Å². The summed E-state index contributed by atoms with van der Waals surface area (Å²) in [5.74, 6) is 0. The van der Waals surface area contributed by atoms with Crippen LogP contribution in [0, 0.1) is 0 Å². The van der Waals surface area contributed by atoms with E-state index in [0.717, 1.165) is 22.2 Å². The fourth-order valence-corrected chi connectivity index (χ4v) is 4.80. The molecular weight excluding hydrogens is 372 g/mol. The van der Waals surface area contributed by atoms with Crippen LogP contribution in [0.25, 0.3) is 54.8 Å². The summed E-state index contributed by atoms with van der Waals surface area (Å²) in [5.41, 5.74) is 6.60. The average molecular weight is 388 g/mol. The van der Waals surface area contributed by atoms with E-state index in [9.17, 15) is 0 Å². The molecule has 6 aromatic rings. The summed E-state index contributed by atoms with van der Waals surface area (Å²) >= 11 is 1.28. The zero-order chi connectivity index (χ0) is 19.2. The van der Waals surface area contributed by atoms with Gasteiger partial charge in [0.05, 0.1) is 11.7 Å². The molecule has 1 aromatic heterocycles. The molecule has 0 atom stereocenters. The molecule has 0 fully saturated rings. The number of aromatic nitrogens is 2. The Morgan fingerprint density at radius 3 is 1.38 bits per heavy atom. The lowest BCUT2D eigenvalue weighted by Crippen LogP contribution is -1.88.